The molecule has 1 rings (SSSR count). The van der Waals surface area contributed by atoms with Crippen molar-refractivity contribution in [1.82, 2.24) is 5.32 Å². The van der Waals surface area contributed by atoms with Crippen LogP contribution in [0.15, 0.2) is 18.2 Å². The fourth-order valence-corrected chi connectivity index (χ4v) is 1.94. The first-order valence-electron chi connectivity index (χ1n) is 6.51. The summed E-state index contributed by atoms with van der Waals surface area (Å²) in [7, 11) is 0. The van der Waals surface area contributed by atoms with Gasteiger partial charge in [-0.25, -0.2) is 0 Å². The Hall–Kier alpha value is -0.820. The highest BCUT2D eigenvalue weighted by Gasteiger charge is 1.98. The molecule has 0 fully saturated rings. The molecule has 0 amide bonds. The summed E-state index contributed by atoms with van der Waals surface area (Å²) in [6, 6.07) is 6.76. The first-order chi connectivity index (χ1) is 7.74. The third kappa shape index (κ3) is 4.80. The lowest BCUT2D eigenvalue weighted by molar-refractivity contribution is 0.616. The zero-order valence-corrected chi connectivity index (χ0v) is 11.0. The number of unbranched alkanes of at least 4 members (excludes halogenated alkanes) is 1. The lowest BCUT2D eigenvalue weighted by atomic mass is 10.0. The van der Waals surface area contributed by atoms with Gasteiger partial charge in [0.1, 0.15) is 0 Å². The van der Waals surface area contributed by atoms with Crippen LogP contribution in [0.2, 0.25) is 0 Å². The van der Waals surface area contributed by atoms with Gasteiger partial charge in [-0.2, -0.15) is 0 Å². The van der Waals surface area contributed by atoms with E-state index in [9.17, 15) is 0 Å². The van der Waals surface area contributed by atoms with Gasteiger partial charge < -0.3 is 5.32 Å². The minimum Gasteiger partial charge on any atom is -0.317 e. The van der Waals surface area contributed by atoms with Gasteiger partial charge in [-0.15, -0.1) is 0 Å². The topological polar surface area (TPSA) is 12.0 Å². The third-order valence-electron chi connectivity index (χ3n) is 2.98. The van der Waals surface area contributed by atoms with Crippen LogP contribution >= 0.6 is 0 Å². The molecule has 0 radical (unpaired) electrons. The lowest BCUT2D eigenvalue weighted by Crippen LogP contribution is -2.15. The van der Waals surface area contributed by atoms with Crippen LogP contribution < -0.4 is 5.32 Å². The number of nitrogens with one attached hydrogen (secondary N) is 1. The summed E-state index contributed by atoms with van der Waals surface area (Å²) in [5, 5.41) is 3.45. The highest BCUT2D eigenvalue weighted by Crippen LogP contribution is 2.13. The molecule has 1 heteroatoms. The molecule has 1 aromatic carbocycles. The Morgan fingerprint density at radius 2 is 1.88 bits per heavy atom. The van der Waals surface area contributed by atoms with E-state index in [0.717, 1.165) is 6.54 Å². The van der Waals surface area contributed by atoms with E-state index in [1.807, 2.05) is 0 Å². The molecule has 0 heterocycles. The summed E-state index contributed by atoms with van der Waals surface area (Å²) >= 11 is 0. The van der Waals surface area contributed by atoms with Gasteiger partial charge in [-0.3, -0.25) is 0 Å². The quantitative estimate of drug-likeness (QED) is 0.691. The average molecular weight is 219 g/mol. The monoisotopic (exact) mass is 219 g/mol. The van der Waals surface area contributed by atoms with Crippen LogP contribution in [0.5, 0.6) is 0 Å². The smallest absolute Gasteiger partial charge is 0.00488 e. The van der Waals surface area contributed by atoms with E-state index in [0.29, 0.717) is 0 Å². The molecule has 16 heavy (non-hydrogen) atoms. The molecule has 1 nitrogen and oxygen atoms in total. The second kappa shape index (κ2) is 7.45. The SMILES string of the molecule is CCCNCCCCc1cc(C)ccc1C. The summed E-state index contributed by atoms with van der Waals surface area (Å²) in [6.07, 6.45) is 5.03. The maximum absolute atomic E-state index is 3.45. The maximum Gasteiger partial charge on any atom is -0.00488 e. The van der Waals surface area contributed by atoms with E-state index in [1.54, 1.807) is 0 Å². The molecule has 90 valence electrons. The second-order valence-electron chi connectivity index (χ2n) is 4.64. The normalized spacial score (nSPS) is 10.7. The van der Waals surface area contributed by atoms with E-state index in [1.165, 1.54) is 48.9 Å². The van der Waals surface area contributed by atoms with Crippen molar-refractivity contribution in [1.29, 1.82) is 0 Å². The van der Waals surface area contributed by atoms with Gasteiger partial charge in [0.15, 0.2) is 0 Å². The van der Waals surface area contributed by atoms with Crippen molar-refractivity contribution in [3.8, 4) is 0 Å². The van der Waals surface area contributed by atoms with Crippen molar-refractivity contribution in [2.45, 2.75) is 46.5 Å². The van der Waals surface area contributed by atoms with Crippen LogP contribution in [-0.2, 0) is 6.42 Å². The Labute approximate surface area is 100 Å². The van der Waals surface area contributed by atoms with Crippen molar-refractivity contribution < 1.29 is 0 Å². The molecule has 0 atom stereocenters. The largest absolute Gasteiger partial charge is 0.317 e. The Balaban J connectivity index is 2.23. The van der Waals surface area contributed by atoms with Crippen LogP contribution in [0.25, 0.3) is 0 Å². The molecule has 0 unspecified atom stereocenters. The summed E-state index contributed by atoms with van der Waals surface area (Å²) in [5.74, 6) is 0. The Bertz CT molecular complexity index is 304. The summed E-state index contributed by atoms with van der Waals surface area (Å²) in [5.41, 5.74) is 4.34. The molecule has 1 N–H and O–H groups in total. The van der Waals surface area contributed by atoms with Crippen molar-refractivity contribution in [3.05, 3.63) is 34.9 Å². The highest BCUT2D eigenvalue weighted by atomic mass is 14.8. The summed E-state index contributed by atoms with van der Waals surface area (Å²) in [6.45, 7) is 8.92. The molecule has 0 saturated carbocycles. The van der Waals surface area contributed by atoms with Gasteiger partial charge in [-0.05, 0) is 63.7 Å². The standard InChI is InChI=1S/C15H25N/c1-4-10-16-11-6-5-7-15-12-13(2)8-9-14(15)3/h8-9,12,16H,4-7,10-11H2,1-3H3. The van der Waals surface area contributed by atoms with Crippen molar-refractivity contribution in [2.24, 2.45) is 0 Å². The first-order valence-corrected chi connectivity index (χ1v) is 6.51. The molecule has 1 aromatic rings. The molecule has 0 saturated heterocycles. The van der Waals surface area contributed by atoms with Crippen molar-refractivity contribution in [3.63, 3.8) is 0 Å². The average Bonchev–Trinajstić information content (AvgIpc) is 2.28. The molecular weight excluding hydrogens is 194 g/mol. The van der Waals surface area contributed by atoms with Gasteiger partial charge in [0.2, 0.25) is 0 Å². The van der Waals surface area contributed by atoms with Gasteiger partial charge >= 0.3 is 0 Å². The maximum atomic E-state index is 3.45. The number of hydrogen-bond donors (Lipinski definition) is 1. The van der Waals surface area contributed by atoms with Gasteiger partial charge in [0.25, 0.3) is 0 Å². The second-order valence-corrected chi connectivity index (χ2v) is 4.64. The minimum atomic E-state index is 1.16. The fraction of sp³-hybridized carbons (Fsp3) is 0.600. The Morgan fingerprint density at radius 3 is 2.62 bits per heavy atom. The summed E-state index contributed by atoms with van der Waals surface area (Å²) < 4.78 is 0. The zero-order chi connectivity index (χ0) is 11.8. The van der Waals surface area contributed by atoms with Crippen LogP contribution in [0.4, 0.5) is 0 Å². The predicted molar refractivity (Wildman–Crippen MR) is 72.0 cm³/mol. The number of aryl methyl sites for hydroxylation is 3. The predicted octanol–water partition coefficient (Wildman–Crippen LogP) is 3.63. The Morgan fingerprint density at radius 1 is 1.06 bits per heavy atom. The van der Waals surface area contributed by atoms with Crippen LogP contribution in [-0.4, -0.2) is 13.1 Å². The Kier molecular flexibility index (Phi) is 6.17. The zero-order valence-electron chi connectivity index (χ0n) is 11.0. The van der Waals surface area contributed by atoms with E-state index in [2.05, 4.69) is 44.3 Å². The van der Waals surface area contributed by atoms with E-state index in [4.69, 9.17) is 0 Å². The van der Waals surface area contributed by atoms with Gasteiger partial charge in [-0.1, -0.05) is 30.7 Å². The minimum absolute atomic E-state index is 1.16. The van der Waals surface area contributed by atoms with Gasteiger partial charge in [0.05, 0.1) is 0 Å². The number of rotatable bonds is 7. The molecule has 0 bridgehead atoms. The van der Waals surface area contributed by atoms with Crippen molar-refractivity contribution in [2.75, 3.05) is 13.1 Å². The fourth-order valence-electron chi connectivity index (χ4n) is 1.94. The molecule has 0 spiro atoms. The lowest BCUT2D eigenvalue weighted by Gasteiger charge is -2.07. The molecular formula is C15H25N. The summed E-state index contributed by atoms with van der Waals surface area (Å²) in [4.78, 5) is 0. The van der Waals surface area contributed by atoms with E-state index >= 15 is 0 Å². The highest BCUT2D eigenvalue weighted by molar-refractivity contribution is 5.30. The van der Waals surface area contributed by atoms with E-state index in [-0.39, 0.29) is 0 Å². The first kappa shape index (κ1) is 13.2. The third-order valence-corrected chi connectivity index (χ3v) is 2.98. The van der Waals surface area contributed by atoms with E-state index < -0.39 is 0 Å². The number of benzene rings is 1. The number of hydrogen-bond acceptors (Lipinski definition) is 1. The van der Waals surface area contributed by atoms with Crippen LogP contribution in [0.3, 0.4) is 0 Å². The molecule has 0 aliphatic rings. The van der Waals surface area contributed by atoms with Crippen LogP contribution in [0, 0.1) is 13.8 Å². The molecule has 0 aromatic heterocycles. The molecule has 0 aliphatic heterocycles. The van der Waals surface area contributed by atoms with Crippen molar-refractivity contribution >= 4 is 0 Å². The van der Waals surface area contributed by atoms with Gasteiger partial charge in [0, 0.05) is 0 Å². The van der Waals surface area contributed by atoms with Crippen LogP contribution in [0.1, 0.15) is 42.9 Å². The molecule has 0 aliphatic carbocycles.